The number of nitrogens with one attached hydrogen (secondary N) is 2. The van der Waals surface area contributed by atoms with Crippen LogP contribution in [0.5, 0.6) is 0 Å². The Balaban J connectivity index is 2.05. The lowest BCUT2D eigenvalue weighted by molar-refractivity contribution is -0.119. The molecule has 2 aliphatic heterocycles. The van der Waals surface area contributed by atoms with Crippen LogP contribution in [0.1, 0.15) is 0 Å². The van der Waals surface area contributed by atoms with Crippen LogP contribution in [0.15, 0.2) is 22.1 Å². The lowest BCUT2D eigenvalue weighted by Crippen LogP contribution is -2.26. The number of halogens is 1. The molecular weight excluding hydrogens is 248 g/mol. The van der Waals surface area contributed by atoms with Crippen molar-refractivity contribution in [3.63, 3.8) is 0 Å². The van der Waals surface area contributed by atoms with Crippen molar-refractivity contribution < 1.29 is 9.59 Å². The Hall–Kier alpha value is -1.38. The molecule has 2 aliphatic rings. The van der Waals surface area contributed by atoms with Crippen LogP contribution < -0.4 is 10.6 Å². The van der Waals surface area contributed by atoms with Gasteiger partial charge in [-0.15, -0.1) is 11.8 Å². The number of rotatable bonds is 0. The molecule has 0 spiro atoms. The first kappa shape index (κ1) is 11.1. The third-order valence-corrected chi connectivity index (χ3v) is 3.32. The summed E-state index contributed by atoms with van der Waals surface area (Å²) in [5, 5.41) is 5.28. The second-order valence-corrected chi connectivity index (χ2v) is 4.60. The summed E-state index contributed by atoms with van der Waals surface area (Å²) in [4.78, 5) is 22.8. The summed E-state index contributed by atoms with van der Waals surface area (Å²) in [6.07, 6.45) is 3.56. The Morgan fingerprint density at radius 2 is 2.25 bits per heavy atom. The summed E-state index contributed by atoms with van der Waals surface area (Å²) in [7, 11) is 0. The van der Waals surface area contributed by atoms with Crippen LogP contribution in [0.4, 0.5) is 4.79 Å². The van der Waals surface area contributed by atoms with Gasteiger partial charge < -0.3 is 5.32 Å². The second-order valence-electron chi connectivity index (χ2n) is 3.10. The van der Waals surface area contributed by atoms with Crippen LogP contribution in [-0.4, -0.2) is 23.7 Å². The summed E-state index contributed by atoms with van der Waals surface area (Å²) in [5.74, 6) is 5.80. The predicted molar refractivity (Wildman–Crippen MR) is 62.7 cm³/mol. The molecule has 4 nitrogen and oxygen atoms in total. The molecular formula is C10H7ClN2O2S. The Bertz CT molecular complexity index is 473. The first-order valence-corrected chi connectivity index (χ1v) is 5.83. The highest BCUT2D eigenvalue weighted by Gasteiger charge is 2.27. The standard InChI is InChI=1S/C10H7ClN2O2S/c11-6-1-2-7(16-5-6)3-4-8-9(14)13-10(15)12-8/h1-2,8H,5H2,(H2,12,13,14,15). The van der Waals surface area contributed by atoms with E-state index in [0.29, 0.717) is 5.75 Å². The van der Waals surface area contributed by atoms with Gasteiger partial charge in [-0.2, -0.15) is 0 Å². The van der Waals surface area contributed by atoms with Crippen molar-refractivity contribution >= 4 is 35.3 Å². The van der Waals surface area contributed by atoms with Crippen LogP contribution in [0.3, 0.4) is 0 Å². The van der Waals surface area contributed by atoms with Crippen LogP contribution in [0.2, 0.25) is 0 Å². The molecule has 82 valence electrons. The van der Waals surface area contributed by atoms with Crippen molar-refractivity contribution in [3.05, 3.63) is 22.1 Å². The van der Waals surface area contributed by atoms with E-state index >= 15 is 0 Å². The first-order chi connectivity index (χ1) is 7.65. The zero-order chi connectivity index (χ0) is 11.5. The largest absolute Gasteiger partial charge is 0.322 e. The van der Waals surface area contributed by atoms with E-state index in [-0.39, 0.29) is 0 Å². The molecule has 0 bridgehead atoms. The smallest absolute Gasteiger partial charge is 0.316 e. The van der Waals surface area contributed by atoms with Gasteiger partial charge in [0.05, 0.1) is 4.91 Å². The number of imide groups is 1. The molecule has 2 N–H and O–H groups in total. The number of amides is 3. The average Bonchev–Trinajstić information content (AvgIpc) is 2.57. The third-order valence-electron chi connectivity index (χ3n) is 1.90. The molecule has 0 radical (unpaired) electrons. The molecule has 6 heteroatoms. The minimum absolute atomic E-state index is 0.410. The molecule has 0 saturated carbocycles. The molecule has 1 unspecified atom stereocenters. The number of hydrogen-bond donors (Lipinski definition) is 2. The van der Waals surface area contributed by atoms with E-state index in [1.807, 2.05) is 0 Å². The Morgan fingerprint density at radius 1 is 1.44 bits per heavy atom. The van der Waals surface area contributed by atoms with Gasteiger partial charge >= 0.3 is 6.03 Å². The van der Waals surface area contributed by atoms with Crippen molar-refractivity contribution in [1.82, 2.24) is 10.6 Å². The summed E-state index contributed by atoms with van der Waals surface area (Å²) in [6, 6.07) is -1.26. The number of allylic oxidation sites excluding steroid dienone is 3. The molecule has 0 aliphatic carbocycles. The van der Waals surface area contributed by atoms with Gasteiger partial charge in [0.25, 0.3) is 5.91 Å². The minimum atomic E-state index is -0.754. The van der Waals surface area contributed by atoms with Gasteiger partial charge in [-0.05, 0) is 12.2 Å². The molecule has 16 heavy (non-hydrogen) atoms. The predicted octanol–water partition coefficient (Wildman–Crippen LogP) is 0.951. The fourth-order valence-corrected chi connectivity index (χ4v) is 2.06. The van der Waals surface area contributed by atoms with E-state index < -0.39 is 18.0 Å². The average molecular weight is 255 g/mol. The van der Waals surface area contributed by atoms with Crippen molar-refractivity contribution in [2.45, 2.75) is 6.04 Å². The highest BCUT2D eigenvalue weighted by molar-refractivity contribution is 8.03. The van der Waals surface area contributed by atoms with E-state index in [9.17, 15) is 9.59 Å². The van der Waals surface area contributed by atoms with Crippen LogP contribution in [0.25, 0.3) is 0 Å². The van der Waals surface area contributed by atoms with Gasteiger partial charge in [0.2, 0.25) is 0 Å². The van der Waals surface area contributed by atoms with Gasteiger partial charge in [0.15, 0.2) is 6.04 Å². The second kappa shape index (κ2) is 4.64. The lowest BCUT2D eigenvalue weighted by atomic mass is 10.3. The minimum Gasteiger partial charge on any atom is -0.316 e. The number of thioether (sulfide) groups is 1. The van der Waals surface area contributed by atoms with Crippen molar-refractivity contribution in [2.75, 3.05) is 5.75 Å². The molecule has 0 aromatic heterocycles. The van der Waals surface area contributed by atoms with Crippen LogP contribution in [0, 0.1) is 11.8 Å². The van der Waals surface area contributed by atoms with Crippen LogP contribution in [-0.2, 0) is 4.79 Å². The maximum atomic E-state index is 11.2. The third kappa shape index (κ3) is 2.60. The van der Waals surface area contributed by atoms with Gasteiger partial charge in [-0.25, -0.2) is 4.79 Å². The van der Waals surface area contributed by atoms with Gasteiger partial charge in [-0.3, -0.25) is 10.1 Å². The topological polar surface area (TPSA) is 58.2 Å². The highest BCUT2D eigenvalue weighted by atomic mass is 35.5. The molecule has 0 aromatic rings. The van der Waals surface area contributed by atoms with Crippen LogP contribution >= 0.6 is 23.4 Å². The molecule has 1 fully saturated rings. The summed E-state index contributed by atoms with van der Waals surface area (Å²) >= 11 is 7.28. The first-order valence-electron chi connectivity index (χ1n) is 4.47. The molecule has 1 atom stereocenters. The fraction of sp³-hybridized carbons (Fsp3) is 0.200. The molecule has 2 heterocycles. The van der Waals surface area contributed by atoms with Gasteiger partial charge in [0, 0.05) is 10.8 Å². The zero-order valence-corrected chi connectivity index (χ0v) is 9.61. The SMILES string of the molecule is O=C1NC(=O)C(C#CC2=CC=C(Cl)CS2)N1. The fourth-order valence-electron chi connectivity index (χ4n) is 1.15. The Morgan fingerprint density at radius 3 is 2.81 bits per heavy atom. The number of urea groups is 1. The molecule has 2 rings (SSSR count). The van der Waals surface area contributed by atoms with Gasteiger partial charge in [0.1, 0.15) is 0 Å². The normalized spacial score (nSPS) is 23.7. The highest BCUT2D eigenvalue weighted by Crippen LogP contribution is 2.24. The lowest BCUT2D eigenvalue weighted by Gasteiger charge is -2.04. The molecule has 0 aromatic carbocycles. The maximum Gasteiger partial charge on any atom is 0.322 e. The van der Waals surface area contributed by atoms with E-state index in [1.54, 1.807) is 12.2 Å². The number of carbonyl (C=O) groups is 2. The summed E-state index contributed by atoms with van der Waals surface area (Å²) in [5.41, 5.74) is 0. The van der Waals surface area contributed by atoms with E-state index in [1.165, 1.54) is 11.8 Å². The van der Waals surface area contributed by atoms with Gasteiger partial charge in [-0.1, -0.05) is 23.4 Å². The van der Waals surface area contributed by atoms with E-state index in [2.05, 4.69) is 22.5 Å². The Kier molecular flexibility index (Phi) is 3.22. The summed E-state index contributed by atoms with van der Waals surface area (Å²) in [6.45, 7) is 0. The maximum absolute atomic E-state index is 11.2. The van der Waals surface area contributed by atoms with Crippen molar-refractivity contribution in [3.8, 4) is 11.8 Å². The summed E-state index contributed by atoms with van der Waals surface area (Å²) < 4.78 is 0. The van der Waals surface area contributed by atoms with E-state index in [0.717, 1.165) is 9.94 Å². The molecule has 1 saturated heterocycles. The Labute approximate surface area is 101 Å². The number of carbonyl (C=O) groups excluding carboxylic acids is 2. The monoisotopic (exact) mass is 254 g/mol. The molecule has 3 amide bonds. The van der Waals surface area contributed by atoms with Crippen molar-refractivity contribution in [1.29, 1.82) is 0 Å². The van der Waals surface area contributed by atoms with E-state index in [4.69, 9.17) is 11.6 Å². The quantitative estimate of drug-likeness (QED) is 0.500. The number of hydrogen-bond acceptors (Lipinski definition) is 3. The zero-order valence-electron chi connectivity index (χ0n) is 8.04. The van der Waals surface area contributed by atoms with Crippen molar-refractivity contribution in [2.24, 2.45) is 0 Å².